The van der Waals surface area contributed by atoms with E-state index >= 15 is 0 Å². The number of rotatable bonds is 10. The molecule has 0 amide bonds. The van der Waals surface area contributed by atoms with Gasteiger partial charge in [-0.05, 0) is 36.4 Å². The first-order chi connectivity index (χ1) is 17.5. The number of carboxylic acids is 2. The average Bonchev–Trinajstić information content (AvgIpc) is 3.28. The minimum atomic E-state index is -3.61. The Hall–Kier alpha value is -3.37. The monoisotopic (exact) mass is 555 g/mol. The van der Waals surface area contributed by atoms with Crippen molar-refractivity contribution in [3.8, 4) is 17.1 Å². The number of nitrogens with one attached hydrogen (secondary N) is 1. The quantitative estimate of drug-likeness (QED) is 0.160. The van der Waals surface area contributed by atoms with Gasteiger partial charge in [0.25, 0.3) is 0 Å². The van der Waals surface area contributed by atoms with Crippen molar-refractivity contribution in [3.05, 3.63) is 54.3 Å². The fourth-order valence-corrected chi connectivity index (χ4v) is 4.59. The zero-order valence-electron chi connectivity index (χ0n) is 19.9. The van der Waals surface area contributed by atoms with Crippen LogP contribution in [0.3, 0.4) is 0 Å². The van der Waals surface area contributed by atoms with Crippen LogP contribution in [0.2, 0.25) is 0 Å². The van der Waals surface area contributed by atoms with E-state index in [1.807, 2.05) is 0 Å². The van der Waals surface area contributed by atoms with E-state index in [1.165, 1.54) is 44.1 Å². The molecule has 3 rings (SSSR count). The Balaban J connectivity index is 0.000000717. The Morgan fingerprint density at radius 3 is 2.27 bits per heavy atom. The molecule has 4 N–H and O–H groups in total. The third-order valence-electron chi connectivity index (χ3n) is 4.57. The maximum Gasteiger partial charge on any atom is 0.414 e. The Kier molecular flexibility index (Phi) is 11.1. The number of hydrogen-bond donors (Lipinski definition) is 4. The molecule has 0 bridgehead atoms. The fraction of sp³-hybridized carbons (Fsp3) is 0.273. The predicted octanol–water partition coefficient (Wildman–Crippen LogP) is 1.15. The Labute approximate surface area is 216 Å². The maximum absolute atomic E-state index is 13.5. The second-order valence-electron chi connectivity index (χ2n) is 7.37. The maximum atomic E-state index is 13.5. The molecule has 3 aromatic rings. The summed E-state index contributed by atoms with van der Waals surface area (Å²) >= 11 is 1.45. The summed E-state index contributed by atoms with van der Waals surface area (Å²) in [6, 6.07) is 12.4. The van der Waals surface area contributed by atoms with Gasteiger partial charge >= 0.3 is 11.9 Å². The lowest BCUT2D eigenvalue weighted by atomic mass is 10.2. The molecule has 12 nitrogen and oxygen atoms in total. The van der Waals surface area contributed by atoms with Crippen molar-refractivity contribution in [3.63, 3.8) is 0 Å². The lowest BCUT2D eigenvalue weighted by molar-refractivity contribution is -0.159. The molecule has 0 atom stereocenters. The van der Waals surface area contributed by atoms with E-state index in [1.54, 1.807) is 34.9 Å². The molecular formula is C22H26FN5O7S2. The molecule has 0 fully saturated rings. The normalized spacial score (nSPS) is 11.2. The standard InChI is InChI=1S/C20H24FN5O3S2.C2H2O4/c1-25(2)31(28,29)18-5-3-4-15(14-18)19-23-24-20(30-13-11-22-10-12-27)26(19)17-8-6-16(21)7-9-17;3-1(4)2(5)6/h3-9,14,22,27H,10-13H2,1-2H3;(H,3,4)(H,5,6). The van der Waals surface area contributed by atoms with Gasteiger partial charge in [0.2, 0.25) is 10.0 Å². The molecule has 1 heterocycles. The van der Waals surface area contributed by atoms with Gasteiger partial charge in [0.05, 0.1) is 11.5 Å². The summed E-state index contributed by atoms with van der Waals surface area (Å²) in [5.74, 6) is -2.88. The fourth-order valence-electron chi connectivity index (χ4n) is 2.80. The van der Waals surface area contributed by atoms with Gasteiger partial charge in [0, 0.05) is 44.2 Å². The molecule has 0 saturated carbocycles. The Morgan fingerprint density at radius 2 is 1.70 bits per heavy atom. The molecular weight excluding hydrogens is 529 g/mol. The van der Waals surface area contributed by atoms with Crippen LogP contribution in [0.1, 0.15) is 0 Å². The summed E-state index contributed by atoms with van der Waals surface area (Å²) < 4.78 is 41.5. The molecule has 200 valence electrons. The first-order valence-corrected chi connectivity index (χ1v) is 13.1. The first kappa shape index (κ1) is 29.9. The summed E-state index contributed by atoms with van der Waals surface area (Å²) in [7, 11) is -0.665. The number of carbonyl (C=O) groups is 2. The van der Waals surface area contributed by atoms with Gasteiger partial charge in [-0.2, -0.15) is 0 Å². The molecule has 0 aliphatic rings. The number of nitrogens with zero attached hydrogens (tertiary/aromatic N) is 4. The number of hydrogen-bond acceptors (Lipinski definition) is 9. The van der Waals surface area contributed by atoms with Crippen molar-refractivity contribution in [1.29, 1.82) is 0 Å². The Morgan fingerprint density at radius 1 is 1.05 bits per heavy atom. The summed E-state index contributed by atoms with van der Waals surface area (Å²) in [5.41, 5.74) is 1.23. The van der Waals surface area contributed by atoms with Crippen LogP contribution in [0.25, 0.3) is 17.1 Å². The van der Waals surface area contributed by atoms with Crippen LogP contribution in [0.15, 0.2) is 58.6 Å². The van der Waals surface area contributed by atoms with Crippen LogP contribution < -0.4 is 5.32 Å². The summed E-state index contributed by atoms with van der Waals surface area (Å²) in [5, 5.41) is 35.9. The number of aliphatic hydroxyl groups excluding tert-OH is 1. The van der Waals surface area contributed by atoms with E-state index in [-0.39, 0.29) is 17.3 Å². The van der Waals surface area contributed by atoms with E-state index in [2.05, 4.69) is 15.5 Å². The van der Waals surface area contributed by atoms with Crippen LogP contribution >= 0.6 is 11.8 Å². The minimum Gasteiger partial charge on any atom is -0.473 e. The largest absolute Gasteiger partial charge is 0.473 e. The van der Waals surface area contributed by atoms with Gasteiger partial charge in [0.1, 0.15) is 5.82 Å². The highest BCUT2D eigenvalue weighted by atomic mass is 32.2. The number of benzene rings is 2. The zero-order valence-corrected chi connectivity index (χ0v) is 21.5. The number of aliphatic carboxylic acids is 2. The van der Waals surface area contributed by atoms with Gasteiger partial charge in [-0.3, -0.25) is 4.57 Å². The third kappa shape index (κ3) is 8.33. The predicted molar refractivity (Wildman–Crippen MR) is 134 cm³/mol. The summed E-state index contributed by atoms with van der Waals surface area (Å²) in [6.45, 7) is 1.23. The molecule has 37 heavy (non-hydrogen) atoms. The second kappa shape index (κ2) is 13.8. The molecule has 2 aromatic carbocycles. The first-order valence-electron chi connectivity index (χ1n) is 10.6. The van der Waals surface area contributed by atoms with Gasteiger partial charge in [-0.15, -0.1) is 10.2 Å². The lowest BCUT2D eigenvalue weighted by Gasteiger charge is -2.13. The van der Waals surface area contributed by atoms with E-state index in [0.717, 1.165) is 4.31 Å². The van der Waals surface area contributed by atoms with Crippen molar-refractivity contribution < 1.29 is 37.7 Å². The van der Waals surface area contributed by atoms with Gasteiger partial charge in [-0.25, -0.2) is 26.7 Å². The minimum absolute atomic E-state index is 0.0623. The highest BCUT2D eigenvalue weighted by molar-refractivity contribution is 7.99. The topological polar surface area (TPSA) is 175 Å². The molecule has 15 heteroatoms. The van der Waals surface area contributed by atoms with Crippen LogP contribution in [-0.2, 0) is 19.6 Å². The van der Waals surface area contributed by atoms with Crippen LogP contribution in [0.5, 0.6) is 0 Å². The highest BCUT2D eigenvalue weighted by Gasteiger charge is 2.21. The van der Waals surface area contributed by atoms with Gasteiger partial charge in [0.15, 0.2) is 11.0 Å². The van der Waals surface area contributed by atoms with Crippen LogP contribution in [0.4, 0.5) is 4.39 Å². The zero-order chi connectivity index (χ0) is 27.6. The SMILES string of the molecule is CN(C)S(=O)(=O)c1cccc(-c2nnc(SCCNCCO)n2-c2ccc(F)cc2)c1.O=C(O)C(=O)O. The van der Waals surface area contributed by atoms with Crippen molar-refractivity contribution in [1.82, 2.24) is 24.4 Å². The molecule has 0 aliphatic heterocycles. The molecule has 0 spiro atoms. The number of carboxylic acid groups (broad SMARTS) is 2. The van der Waals surface area contributed by atoms with Crippen molar-refractivity contribution in [2.75, 3.05) is 39.5 Å². The second-order valence-corrected chi connectivity index (χ2v) is 10.6. The molecule has 0 unspecified atom stereocenters. The van der Waals surface area contributed by atoms with Crippen LogP contribution in [0, 0.1) is 5.82 Å². The number of aromatic nitrogens is 3. The number of thioether (sulfide) groups is 1. The van der Waals surface area contributed by atoms with Crippen LogP contribution in [-0.4, -0.2) is 94.3 Å². The summed E-state index contributed by atoms with van der Waals surface area (Å²) in [4.78, 5) is 18.3. The number of aliphatic hydroxyl groups is 1. The van der Waals surface area contributed by atoms with Gasteiger partial charge in [-0.1, -0.05) is 23.9 Å². The average molecular weight is 556 g/mol. The Bertz CT molecular complexity index is 1300. The van der Waals surface area contributed by atoms with E-state index in [9.17, 15) is 12.8 Å². The molecule has 1 aromatic heterocycles. The highest BCUT2D eigenvalue weighted by Crippen LogP contribution is 2.29. The molecule has 0 saturated heterocycles. The third-order valence-corrected chi connectivity index (χ3v) is 7.31. The van der Waals surface area contributed by atoms with E-state index < -0.39 is 22.0 Å². The number of halogens is 1. The van der Waals surface area contributed by atoms with E-state index in [0.29, 0.717) is 41.1 Å². The van der Waals surface area contributed by atoms with Crippen molar-refractivity contribution >= 4 is 33.7 Å². The van der Waals surface area contributed by atoms with Crippen molar-refractivity contribution in [2.45, 2.75) is 10.1 Å². The summed E-state index contributed by atoms with van der Waals surface area (Å²) in [6.07, 6.45) is 0. The molecule has 0 aliphatic carbocycles. The lowest BCUT2D eigenvalue weighted by Crippen LogP contribution is -2.22. The smallest absolute Gasteiger partial charge is 0.414 e. The molecule has 0 radical (unpaired) electrons. The van der Waals surface area contributed by atoms with E-state index in [4.69, 9.17) is 24.9 Å². The van der Waals surface area contributed by atoms with Crippen molar-refractivity contribution in [2.24, 2.45) is 0 Å². The van der Waals surface area contributed by atoms with Gasteiger partial charge < -0.3 is 20.6 Å². The number of sulfonamides is 1.